The van der Waals surface area contributed by atoms with Gasteiger partial charge in [0.25, 0.3) is 0 Å². The van der Waals surface area contributed by atoms with Crippen LogP contribution in [-0.2, 0) is 14.8 Å². The van der Waals surface area contributed by atoms with Crippen molar-refractivity contribution in [1.29, 1.82) is 0 Å². The Labute approximate surface area is 135 Å². The van der Waals surface area contributed by atoms with Crippen molar-refractivity contribution in [3.8, 4) is 0 Å². The molecule has 2 aliphatic rings. The lowest BCUT2D eigenvalue weighted by molar-refractivity contribution is -0.136. The van der Waals surface area contributed by atoms with E-state index in [0.717, 1.165) is 12.1 Å². The highest BCUT2D eigenvalue weighted by atomic mass is 32.2. The Hall–Kier alpha value is -1.51. The molecule has 1 amide bonds. The molecule has 2 aliphatic heterocycles. The Morgan fingerprint density at radius 2 is 1.78 bits per heavy atom. The predicted molar refractivity (Wildman–Crippen MR) is 82.7 cm³/mol. The van der Waals surface area contributed by atoms with E-state index in [1.54, 1.807) is 4.90 Å². The number of halogens is 1. The topological polar surface area (TPSA) is 69.7 Å². The maximum absolute atomic E-state index is 13.0. The molecule has 0 aliphatic carbocycles. The van der Waals surface area contributed by atoms with Crippen molar-refractivity contribution >= 4 is 15.9 Å². The summed E-state index contributed by atoms with van der Waals surface area (Å²) in [6.07, 6.45) is 0.603. The molecule has 2 heterocycles. The largest absolute Gasteiger partial charge is 0.341 e. The Balaban J connectivity index is 1.69. The number of nitrogens with one attached hydrogen (secondary N) is 1. The Morgan fingerprint density at radius 1 is 1.09 bits per heavy atom. The van der Waals surface area contributed by atoms with Gasteiger partial charge < -0.3 is 10.2 Å². The van der Waals surface area contributed by atoms with Gasteiger partial charge in [-0.15, -0.1) is 0 Å². The standard InChI is InChI=1S/C15H20FN3O3S/c16-13-2-4-14(5-3-13)23(21,22)19-7-1-6-18(8-9-19)15(20)12-10-17-11-12/h2-5,12,17H,1,6-11H2. The van der Waals surface area contributed by atoms with Crippen molar-refractivity contribution < 1.29 is 17.6 Å². The van der Waals surface area contributed by atoms with Gasteiger partial charge in [0.2, 0.25) is 15.9 Å². The van der Waals surface area contributed by atoms with E-state index >= 15 is 0 Å². The van der Waals surface area contributed by atoms with E-state index in [1.807, 2.05) is 0 Å². The van der Waals surface area contributed by atoms with Crippen molar-refractivity contribution in [2.75, 3.05) is 39.3 Å². The first-order valence-electron chi connectivity index (χ1n) is 7.74. The number of nitrogens with zero attached hydrogens (tertiary/aromatic N) is 2. The van der Waals surface area contributed by atoms with Gasteiger partial charge in [0, 0.05) is 39.3 Å². The van der Waals surface area contributed by atoms with Crippen molar-refractivity contribution in [3.05, 3.63) is 30.1 Å². The zero-order valence-electron chi connectivity index (χ0n) is 12.7. The normalized spacial score (nSPS) is 20.8. The number of sulfonamides is 1. The van der Waals surface area contributed by atoms with E-state index in [9.17, 15) is 17.6 Å². The van der Waals surface area contributed by atoms with E-state index in [-0.39, 0.29) is 23.3 Å². The summed E-state index contributed by atoms with van der Waals surface area (Å²) in [6, 6.07) is 4.84. The number of benzene rings is 1. The second kappa shape index (κ2) is 6.54. The lowest BCUT2D eigenvalue weighted by Gasteiger charge is -2.31. The Bertz CT molecular complexity index is 674. The molecular weight excluding hydrogens is 321 g/mol. The second-order valence-corrected chi connectivity index (χ2v) is 7.83. The van der Waals surface area contributed by atoms with Gasteiger partial charge >= 0.3 is 0 Å². The molecule has 3 rings (SSSR count). The lowest BCUT2D eigenvalue weighted by Crippen LogP contribution is -2.52. The van der Waals surface area contributed by atoms with E-state index in [4.69, 9.17) is 0 Å². The van der Waals surface area contributed by atoms with Crippen LogP contribution in [-0.4, -0.2) is 62.8 Å². The van der Waals surface area contributed by atoms with Gasteiger partial charge in [0.1, 0.15) is 5.82 Å². The van der Waals surface area contributed by atoms with Crippen LogP contribution >= 0.6 is 0 Å². The van der Waals surface area contributed by atoms with E-state index in [0.29, 0.717) is 39.1 Å². The molecule has 0 atom stereocenters. The molecule has 1 aromatic rings. The number of hydrogen-bond acceptors (Lipinski definition) is 4. The average molecular weight is 341 g/mol. The van der Waals surface area contributed by atoms with Gasteiger partial charge in [0.05, 0.1) is 10.8 Å². The molecule has 2 fully saturated rings. The van der Waals surface area contributed by atoms with Crippen LogP contribution in [0.4, 0.5) is 4.39 Å². The number of hydrogen-bond donors (Lipinski definition) is 1. The molecule has 1 aromatic carbocycles. The minimum atomic E-state index is -3.65. The smallest absolute Gasteiger partial charge is 0.243 e. The summed E-state index contributed by atoms with van der Waals surface area (Å²) in [5.41, 5.74) is 0. The fraction of sp³-hybridized carbons (Fsp3) is 0.533. The molecule has 0 aromatic heterocycles. The SMILES string of the molecule is O=C(C1CNC1)N1CCCN(S(=O)(=O)c2ccc(F)cc2)CC1. The van der Waals surface area contributed by atoms with Crippen LogP contribution < -0.4 is 5.32 Å². The highest BCUT2D eigenvalue weighted by molar-refractivity contribution is 7.89. The number of carbonyl (C=O) groups is 1. The van der Waals surface area contributed by atoms with Crippen LogP contribution in [0.2, 0.25) is 0 Å². The number of carbonyl (C=O) groups excluding carboxylic acids is 1. The zero-order chi connectivity index (χ0) is 16.4. The van der Waals surface area contributed by atoms with Crippen LogP contribution in [0, 0.1) is 11.7 Å². The monoisotopic (exact) mass is 341 g/mol. The first-order valence-corrected chi connectivity index (χ1v) is 9.18. The third-order valence-electron chi connectivity index (χ3n) is 4.35. The summed E-state index contributed by atoms with van der Waals surface area (Å²) >= 11 is 0. The molecule has 1 N–H and O–H groups in total. The van der Waals surface area contributed by atoms with Crippen molar-refractivity contribution in [1.82, 2.24) is 14.5 Å². The van der Waals surface area contributed by atoms with Gasteiger partial charge in [-0.3, -0.25) is 4.79 Å². The molecule has 8 heteroatoms. The number of rotatable bonds is 3. The molecule has 0 radical (unpaired) electrons. The summed E-state index contributed by atoms with van der Waals surface area (Å²) < 4.78 is 39.6. The minimum Gasteiger partial charge on any atom is -0.341 e. The second-order valence-electron chi connectivity index (χ2n) is 5.89. The first kappa shape index (κ1) is 16.4. The van der Waals surface area contributed by atoms with Gasteiger partial charge in [-0.05, 0) is 30.7 Å². The average Bonchev–Trinajstić information content (AvgIpc) is 2.72. The molecule has 0 saturated carbocycles. The maximum atomic E-state index is 13.0. The Morgan fingerprint density at radius 3 is 2.39 bits per heavy atom. The third-order valence-corrected chi connectivity index (χ3v) is 6.26. The molecular formula is C15H20FN3O3S. The molecule has 2 saturated heterocycles. The van der Waals surface area contributed by atoms with Crippen LogP contribution in [0.1, 0.15) is 6.42 Å². The molecule has 6 nitrogen and oxygen atoms in total. The van der Waals surface area contributed by atoms with Gasteiger partial charge in [-0.25, -0.2) is 12.8 Å². The highest BCUT2D eigenvalue weighted by Crippen LogP contribution is 2.19. The lowest BCUT2D eigenvalue weighted by atomic mass is 10.0. The van der Waals surface area contributed by atoms with Gasteiger partial charge in [-0.1, -0.05) is 0 Å². The molecule has 0 bridgehead atoms. The van der Waals surface area contributed by atoms with Crippen molar-refractivity contribution in [2.45, 2.75) is 11.3 Å². The van der Waals surface area contributed by atoms with Gasteiger partial charge in [-0.2, -0.15) is 4.31 Å². The minimum absolute atomic E-state index is 0.0234. The van der Waals surface area contributed by atoms with E-state index < -0.39 is 15.8 Å². The quantitative estimate of drug-likeness (QED) is 0.857. The van der Waals surface area contributed by atoms with E-state index in [1.165, 1.54) is 16.4 Å². The summed E-state index contributed by atoms with van der Waals surface area (Å²) in [6.45, 7) is 3.01. The summed E-state index contributed by atoms with van der Waals surface area (Å²) in [4.78, 5) is 14.1. The third kappa shape index (κ3) is 3.39. The summed E-state index contributed by atoms with van der Waals surface area (Å²) in [5.74, 6) is -0.342. The van der Waals surface area contributed by atoms with Crippen LogP contribution in [0.5, 0.6) is 0 Å². The summed E-state index contributed by atoms with van der Waals surface area (Å²) in [7, 11) is -3.65. The van der Waals surface area contributed by atoms with Gasteiger partial charge in [0.15, 0.2) is 0 Å². The maximum Gasteiger partial charge on any atom is 0.243 e. The van der Waals surface area contributed by atoms with Crippen LogP contribution in [0.25, 0.3) is 0 Å². The van der Waals surface area contributed by atoms with Crippen LogP contribution in [0.15, 0.2) is 29.2 Å². The molecule has 126 valence electrons. The predicted octanol–water partition coefficient (Wildman–Crippen LogP) is 0.268. The Kier molecular flexibility index (Phi) is 4.65. The van der Waals surface area contributed by atoms with E-state index in [2.05, 4.69) is 5.32 Å². The fourth-order valence-electron chi connectivity index (χ4n) is 2.83. The highest BCUT2D eigenvalue weighted by Gasteiger charge is 2.32. The van der Waals surface area contributed by atoms with Crippen LogP contribution in [0.3, 0.4) is 0 Å². The summed E-state index contributed by atoms with van der Waals surface area (Å²) in [5, 5.41) is 3.07. The molecule has 0 unspecified atom stereocenters. The molecule has 23 heavy (non-hydrogen) atoms. The zero-order valence-corrected chi connectivity index (χ0v) is 13.6. The molecule has 0 spiro atoms. The first-order chi connectivity index (χ1) is 11.0. The number of amides is 1. The van der Waals surface area contributed by atoms with Crippen molar-refractivity contribution in [3.63, 3.8) is 0 Å². The fourth-order valence-corrected chi connectivity index (χ4v) is 4.30. The van der Waals surface area contributed by atoms with Crippen molar-refractivity contribution in [2.24, 2.45) is 5.92 Å².